The molecular formula is C20H22N2O3. The standard InChI is InChI=1S/C20H22N2O3/c1-13-4-8-18(25-3)16(10-13)12-22(2)20(24)15-5-7-17-14(11-15)6-9-19(23)21-17/h4-5,7-8,10-11H,6,9,12H2,1-3H3,(H,21,23). The molecule has 0 atom stereocenters. The molecule has 0 saturated heterocycles. The van der Waals surface area contributed by atoms with E-state index in [9.17, 15) is 9.59 Å². The molecule has 1 heterocycles. The zero-order chi connectivity index (χ0) is 18.0. The van der Waals surface area contributed by atoms with Crippen molar-refractivity contribution in [3.63, 3.8) is 0 Å². The number of ether oxygens (including phenoxy) is 1. The lowest BCUT2D eigenvalue weighted by atomic mass is 10.00. The molecule has 5 nitrogen and oxygen atoms in total. The number of carbonyl (C=O) groups excluding carboxylic acids is 2. The minimum atomic E-state index is -0.0525. The Bertz CT molecular complexity index is 830. The first-order valence-corrected chi connectivity index (χ1v) is 8.29. The first kappa shape index (κ1) is 17.0. The molecule has 130 valence electrons. The summed E-state index contributed by atoms with van der Waals surface area (Å²) in [5, 5.41) is 2.84. The largest absolute Gasteiger partial charge is 0.496 e. The summed E-state index contributed by atoms with van der Waals surface area (Å²) in [5.41, 5.74) is 4.54. The van der Waals surface area contributed by atoms with E-state index in [-0.39, 0.29) is 11.8 Å². The van der Waals surface area contributed by atoms with Crippen molar-refractivity contribution in [2.45, 2.75) is 26.3 Å². The Kier molecular flexibility index (Phi) is 4.74. The van der Waals surface area contributed by atoms with Gasteiger partial charge in [-0.25, -0.2) is 0 Å². The maximum Gasteiger partial charge on any atom is 0.253 e. The van der Waals surface area contributed by atoms with Crippen LogP contribution in [0, 0.1) is 6.92 Å². The molecule has 1 aliphatic heterocycles. The van der Waals surface area contributed by atoms with Gasteiger partial charge in [0.25, 0.3) is 5.91 Å². The summed E-state index contributed by atoms with van der Waals surface area (Å²) >= 11 is 0. The normalized spacial score (nSPS) is 13.0. The summed E-state index contributed by atoms with van der Waals surface area (Å²) in [7, 11) is 3.42. The number of hydrogen-bond donors (Lipinski definition) is 1. The maximum atomic E-state index is 12.8. The van der Waals surface area contributed by atoms with Gasteiger partial charge in [0.2, 0.25) is 5.91 Å². The lowest BCUT2D eigenvalue weighted by molar-refractivity contribution is -0.116. The molecule has 0 unspecified atom stereocenters. The molecule has 1 N–H and O–H groups in total. The highest BCUT2D eigenvalue weighted by atomic mass is 16.5. The number of anilines is 1. The van der Waals surface area contributed by atoms with Gasteiger partial charge >= 0.3 is 0 Å². The van der Waals surface area contributed by atoms with Crippen molar-refractivity contribution in [2.75, 3.05) is 19.5 Å². The Balaban J connectivity index is 1.79. The highest BCUT2D eigenvalue weighted by Gasteiger charge is 2.19. The molecule has 0 aromatic heterocycles. The molecule has 25 heavy (non-hydrogen) atoms. The molecule has 0 bridgehead atoms. The molecule has 0 spiro atoms. The smallest absolute Gasteiger partial charge is 0.253 e. The van der Waals surface area contributed by atoms with E-state index in [4.69, 9.17) is 4.74 Å². The minimum absolute atomic E-state index is 0.0234. The van der Waals surface area contributed by atoms with Crippen LogP contribution in [0.4, 0.5) is 5.69 Å². The Labute approximate surface area is 147 Å². The fraction of sp³-hybridized carbons (Fsp3) is 0.300. The second-order valence-electron chi connectivity index (χ2n) is 6.40. The first-order valence-electron chi connectivity index (χ1n) is 8.29. The lowest BCUT2D eigenvalue weighted by Gasteiger charge is -2.21. The molecule has 0 saturated carbocycles. The van der Waals surface area contributed by atoms with Crippen LogP contribution in [0.15, 0.2) is 36.4 Å². The number of nitrogens with zero attached hydrogens (tertiary/aromatic N) is 1. The van der Waals surface area contributed by atoms with Gasteiger partial charge in [0.05, 0.1) is 7.11 Å². The number of nitrogens with one attached hydrogen (secondary N) is 1. The van der Waals surface area contributed by atoms with Crippen molar-refractivity contribution in [3.05, 3.63) is 58.7 Å². The number of fused-ring (bicyclic) bond motifs is 1. The molecule has 0 aliphatic carbocycles. The van der Waals surface area contributed by atoms with E-state index in [2.05, 4.69) is 5.32 Å². The van der Waals surface area contributed by atoms with Crippen molar-refractivity contribution in [2.24, 2.45) is 0 Å². The molecule has 2 aromatic rings. The average Bonchev–Trinajstić information content (AvgIpc) is 2.60. The Morgan fingerprint density at radius 2 is 2.00 bits per heavy atom. The predicted molar refractivity (Wildman–Crippen MR) is 96.9 cm³/mol. The second kappa shape index (κ2) is 6.97. The molecule has 3 rings (SSSR count). The van der Waals surface area contributed by atoms with Gasteiger partial charge in [0.15, 0.2) is 0 Å². The van der Waals surface area contributed by atoms with E-state index in [0.29, 0.717) is 24.9 Å². The minimum Gasteiger partial charge on any atom is -0.496 e. The summed E-state index contributed by atoms with van der Waals surface area (Å²) in [6, 6.07) is 11.4. The maximum absolute atomic E-state index is 12.8. The first-order chi connectivity index (χ1) is 12.0. The molecule has 5 heteroatoms. The number of aryl methyl sites for hydroxylation is 2. The van der Waals surface area contributed by atoms with E-state index in [1.54, 1.807) is 31.2 Å². The molecule has 0 radical (unpaired) electrons. The van der Waals surface area contributed by atoms with Gasteiger partial charge < -0.3 is 15.0 Å². The van der Waals surface area contributed by atoms with E-state index < -0.39 is 0 Å². The number of carbonyl (C=O) groups is 2. The van der Waals surface area contributed by atoms with Crippen LogP contribution in [0.5, 0.6) is 5.75 Å². The summed E-state index contributed by atoms with van der Waals surface area (Å²) in [5.74, 6) is 0.747. The predicted octanol–water partition coefficient (Wildman–Crippen LogP) is 3.16. The van der Waals surface area contributed by atoms with Crippen LogP contribution in [0.1, 0.15) is 33.5 Å². The van der Waals surface area contributed by atoms with Crippen LogP contribution in [-0.2, 0) is 17.8 Å². The number of hydrogen-bond acceptors (Lipinski definition) is 3. The van der Waals surface area contributed by atoms with E-state index in [0.717, 1.165) is 28.1 Å². The molecule has 1 aliphatic rings. The third-order valence-corrected chi connectivity index (χ3v) is 4.44. The van der Waals surface area contributed by atoms with E-state index in [1.165, 1.54) is 0 Å². The SMILES string of the molecule is COc1ccc(C)cc1CN(C)C(=O)c1ccc2c(c1)CCC(=O)N2. The summed E-state index contributed by atoms with van der Waals surface area (Å²) in [4.78, 5) is 25.9. The quantitative estimate of drug-likeness (QED) is 0.931. The Hall–Kier alpha value is -2.82. The monoisotopic (exact) mass is 338 g/mol. The fourth-order valence-corrected chi connectivity index (χ4v) is 3.10. The zero-order valence-corrected chi connectivity index (χ0v) is 14.8. The zero-order valence-electron chi connectivity index (χ0n) is 14.8. The van der Waals surface area contributed by atoms with Crippen molar-refractivity contribution in [3.8, 4) is 5.75 Å². The highest BCUT2D eigenvalue weighted by molar-refractivity contribution is 5.97. The summed E-state index contributed by atoms with van der Waals surface area (Å²) in [6.07, 6.45) is 1.12. The van der Waals surface area contributed by atoms with E-state index >= 15 is 0 Å². The van der Waals surface area contributed by atoms with Crippen molar-refractivity contribution >= 4 is 17.5 Å². The van der Waals surface area contributed by atoms with Crippen molar-refractivity contribution in [1.82, 2.24) is 4.90 Å². The number of amides is 2. The number of methoxy groups -OCH3 is 1. The molecule has 2 aromatic carbocycles. The van der Waals surface area contributed by atoms with Crippen molar-refractivity contribution < 1.29 is 14.3 Å². The molecular weight excluding hydrogens is 316 g/mol. The van der Waals surface area contributed by atoms with Gasteiger partial charge in [-0.3, -0.25) is 9.59 Å². The highest BCUT2D eigenvalue weighted by Crippen LogP contribution is 2.25. The molecule has 2 amide bonds. The van der Waals surface area contributed by atoms with Gasteiger partial charge in [-0.15, -0.1) is 0 Å². The van der Waals surface area contributed by atoms with Crippen LogP contribution in [-0.4, -0.2) is 30.9 Å². The topological polar surface area (TPSA) is 58.6 Å². The van der Waals surface area contributed by atoms with Crippen LogP contribution >= 0.6 is 0 Å². The van der Waals surface area contributed by atoms with Gasteiger partial charge in [-0.1, -0.05) is 17.7 Å². The Morgan fingerprint density at radius 1 is 1.20 bits per heavy atom. The van der Waals surface area contributed by atoms with Crippen molar-refractivity contribution in [1.29, 1.82) is 0 Å². The van der Waals surface area contributed by atoms with Crippen LogP contribution in [0.25, 0.3) is 0 Å². The molecule has 0 fully saturated rings. The fourth-order valence-electron chi connectivity index (χ4n) is 3.10. The van der Waals surface area contributed by atoms with E-state index in [1.807, 2.05) is 31.2 Å². The Morgan fingerprint density at radius 3 is 2.76 bits per heavy atom. The third kappa shape index (κ3) is 3.65. The number of benzene rings is 2. The average molecular weight is 338 g/mol. The lowest BCUT2D eigenvalue weighted by Crippen LogP contribution is -2.27. The van der Waals surface area contributed by atoms with Crippen LogP contribution in [0.3, 0.4) is 0 Å². The van der Waals surface area contributed by atoms with Gasteiger partial charge in [-0.2, -0.15) is 0 Å². The third-order valence-electron chi connectivity index (χ3n) is 4.44. The van der Waals surface area contributed by atoms with Gasteiger partial charge in [0.1, 0.15) is 5.75 Å². The van der Waals surface area contributed by atoms with Gasteiger partial charge in [-0.05, 0) is 43.2 Å². The van der Waals surface area contributed by atoms with Crippen LogP contribution < -0.4 is 10.1 Å². The summed E-state index contributed by atoms with van der Waals surface area (Å²) < 4.78 is 5.39. The number of rotatable bonds is 4. The summed E-state index contributed by atoms with van der Waals surface area (Å²) in [6.45, 7) is 2.49. The van der Waals surface area contributed by atoms with Crippen LogP contribution in [0.2, 0.25) is 0 Å². The van der Waals surface area contributed by atoms with Gasteiger partial charge in [0, 0.05) is 36.8 Å². The second-order valence-corrected chi connectivity index (χ2v) is 6.40.